The summed E-state index contributed by atoms with van der Waals surface area (Å²) in [7, 11) is 1.55. The molecule has 4 amide bonds. The average molecular weight is 336 g/mol. The van der Waals surface area contributed by atoms with E-state index in [0.29, 0.717) is 11.6 Å². The van der Waals surface area contributed by atoms with Gasteiger partial charge < -0.3 is 9.80 Å². The van der Waals surface area contributed by atoms with Crippen molar-refractivity contribution in [1.29, 1.82) is 0 Å². The maximum atomic E-state index is 12.6. The number of benzene rings is 1. The SMILES string of the molecule is CN1CC(=O)N(CC(=O)N(Cc2ccccc2Cl)C2CC2)C1=O. The highest BCUT2D eigenvalue weighted by atomic mass is 35.5. The van der Waals surface area contributed by atoms with Gasteiger partial charge in [-0.05, 0) is 24.5 Å². The molecule has 1 saturated heterocycles. The van der Waals surface area contributed by atoms with Crippen LogP contribution in [-0.4, -0.2) is 58.7 Å². The molecular formula is C16H18ClN3O3. The van der Waals surface area contributed by atoms with E-state index in [1.807, 2.05) is 18.2 Å². The zero-order valence-corrected chi connectivity index (χ0v) is 13.6. The Morgan fingerprint density at radius 2 is 2.00 bits per heavy atom. The fourth-order valence-corrected chi connectivity index (χ4v) is 2.86. The van der Waals surface area contributed by atoms with Crippen molar-refractivity contribution in [3.8, 4) is 0 Å². The monoisotopic (exact) mass is 335 g/mol. The summed E-state index contributed by atoms with van der Waals surface area (Å²) in [6.07, 6.45) is 1.88. The van der Waals surface area contributed by atoms with E-state index in [1.165, 1.54) is 4.90 Å². The fraction of sp³-hybridized carbons (Fsp3) is 0.438. The summed E-state index contributed by atoms with van der Waals surface area (Å²) in [5, 5.41) is 0.610. The fourth-order valence-electron chi connectivity index (χ4n) is 2.67. The first-order valence-electron chi connectivity index (χ1n) is 7.55. The summed E-state index contributed by atoms with van der Waals surface area (Å²) in [4.78, 5) is 40.4. The second-order valence-corrected chi connectivity index (χ2v) is 6.37. The van der Waals surface area contributed by atoms with Crippen LogP contribution in [0.25, 0.3) is 0 Å². The van der Waals surface area contributed by atoms with Crippen molar-refractivity contribution >= 4 is 29.4 Å². The van der Waals surface area contributed by atoms with Gasteiger partial charge in [-0.3, -0.25) is 14.5 Å². The highest BCUT2D eigenvalue weighted by Gasteiger charge is 2.38. The van der Waals surface area contributed by atoms with E-state index >= 15 is 0 Å². The largest absolute Gasteiger partial charge is 0.334 e. The molecule has 0 unspecified atom stereocenters. The molecule has 7 heteroatoms. The first-order chi connectivity index (χ1) is 11.0. The molecule has 23 heavy (non-hydrogen) atoms. The van der Waals surface area contributed by atoms with Crippen molar-refractivity contribution in [3.63, 3.8) is 0 Å². The zero-order chi connectivity index (χ0) is 16.6. The van der Waals surface area contributed by atoms with Crippen LogP contribution in [0.15, 0.2) is 24.3 Å². The number of hydrogen-bond donors (Lipinski definition) is 0. The third-order valence-electron chi connectivity index (χ3n) is 4.13. The van der Waals surface area contributed by atoms with Gasteiger partial charge in [0, 0.05) is 24.7 Å². The predicted octanol–water partition coefficient (Wildman–Crippen LogP) is 1.73. The summed E-state index contributed by atoms with van der Waals surface area (Å²) < 4.78 is 0. The Labute approximate surface area is 139 Å². The number of likely N-dealkylation sites (N-methyl/N-ethyl adjacent to an activating group) is 1. The Kier molecular flexibility index (Phi) is 4.26. The molecule has 1 aliphatic heterocycles. The molecule has 0 aromatic heterocycles. The van der Waals surface area contributed by atoms with Gasteiger partial charge in [0.2, 0.25) is 5.91 Å². The van der Waals surface area contributed by atoms with Crippen LogP contribution < -0.4 is 0 Å². The van der Waals surface area contributed by atoms with Gasteiger partial charge in [-0.25, -0.2) is 4.79 Å². The Balaban J connectivity index is 1.72. The average Bonchev–Trinajstić information content (AvgIpc) is 3.31. The molecule has 2 fully saturated rings. The Hall–Kier alpha value is -2.08. The number of imide groups is 1. The molecule has 1 aromatic carbocycles. The highest BCUT2D eigenvalue weighted by Crippen LogP contribution is 2.30. The van der Waals surface area contributed by atoms with Gasteiger partial charge in [-0.2, -0.15) is 0 Å². The van der Waals surface area contributed by atoms with Crippen LogP contribution in [0.2, 0.25) is 5.02 Å². The van der Waals surface area contributed by atoms with Crippen molar-refractivity contribution in [2.45, 2.75) is 25.4 Å². The molecule has 6 nitrogen and oxygen atoms in total. The Bertz CT molecular complexity index is 660. The number of rotatable bonds is 5. The summed E-state index contributed by atoms with van der Waals surface area (Å²) in [5.74, 6) is -0.552. The first-order valence-corrected chi connectivity index (χ1v) is 7.93. The van der Waals surface area contributed by atoms with Crippen LogP contribution in [0.1, 0.15) is 18.4 Å². The molecule has 2 aliphatic rings. The minimum absolute atomic E-state index is 0.0278. The van der Waals surface area contributed by atoms with Crippen molar-refractivity contribution in [2.24, 2.45) is 0 Å². The summed E-state index contributed by atoms with van der Waals surface area (Å²) in [5.41, 5.74) is 0.866. The first kappa shape index (κ1) is 15.8. The predicted molar refractivity (Wildman–Crippen MR) is 84.8 cm³/mol. The molecule has 1 saturated carbocycles. The molecule has 3 rings (SSSR count). The van der Waals surface area contributed by atoms with Crippen molar-refractivity contribution < 1.29 is 14.4 Å². The van der Waals surface area contributed by atoms with Crippen LogP contribution in [0.5, 0.6) is 0 Å². The van der Waals surface area contributed by atoms with Crippen molar-refractivity contribution in [1.82, 2.24) is 14.7 Å². The normalized spacial score (nSPS) is 17.8. The lowest BCUT2D eigenvalue weighted by Gasteiger charge is -2.25. The Morgan fingerprint density at radius 3 is 2.57 bits per heavy atom. The molecule has 122 valence electrons. The smallest absolute Gasteiger partial charge is 0.327 e. The lowest BCUT2D eigenvalue weighted by molar-refractivity contribution is -0.137. The highest BCUT2D eigenvalue weighted by molar-refractivity contribution is 6.31. The van der Waals surface area contributed by atoms with Gasteiger partial charge in [-0.1, -0.05) is 29.8 Å². The van der Waals surface area contributed by atoms with Crippen LogP contribution >= 0.6 is 11.6 Å². The van der Waals surface area contributed by atoms with E-state index < -0.39 is 6.03 Å². The van der Waals surface area contributed by atoms with Crippen LogP contribution in [-0.2, 0) is 16.1 Å². The maximum absolute atomic E-state index is 12.6. The minimum atomic E-state index is -0.420. The van der Waals surface area contributed by atoms with Gasteiger partial charge in [0.15, 0.2) is 0 Å². The third-order valence-corrected chi connectivity index (χ3v) is 4.50. The lowest BCUT2D eigenvalue weighted by atomic mass is 10.2. The van der Waals surface area contributed by atoms with Gasteiger partial charge >= 0.3 is 6.03 Å². The van der Waals surface area contributed by atoms with Crippen LogP contribution in [0, 0.1) is 0 Å². The number of nitrogens with zero attached hydrogens (tertiary/aromatic N) is 3. The lowest BCUT2D eigenvalue weighted by Crippen LogP contribution is -2.43. The molecule has 0 N–H and O–H groups in total. The topological polar surface area (TPSA) is 60.9 Å². The number of urea groups is 1. The standard InChI is InChI=1S/C16H18ClN3O3/c1-18-9-14(21)20(16(18)23)10-15(22)19(12-6-7-12)8-11-4-2-3-5-13(11)17/h2-5,12H,6-10H2,1H3. The number of hydrogen-bond acceptors (Lipinski definition) is 3. The minimum Gasteiger partial charge on any atom is -0.334 e. The zero-order valence-electron chi connectivity index (χ0n) is 12.9. The van der Waals surface area contributed by atoms with Crippen molar-refractivity contribution in [2.75, 3.05) is 20.1 Å². The van der Waals surface area contributed by atoms with E-state index in [4.69, 9.17) is 11.6 Å². The van der Waals surface area contributed by atoms with Crippen LogP contribution in [0.4, 0.5) is 4.79 Å². The molecule has 1 heterocycles. The summed E-state index contributed by atoms with van der Waals surface area (Å²) >= 11 is 6.17. The quantitative estimate of drug-likeness (QED) is 0.770. The molecule has 1 aliphatic carbocycles. The van der Waals surface area contributed by atoms with E-state index in [-0.39, 0.29) is 30.9 Å². The van der Waals surface area contributed by atoms with Crippen LogP contribution in [0.3, 0.4) is 0 Å². The van der Waals surface area contributed by atoms with Gasteiger partial charge in [0.25, 0.3) is 5.91 Å². The molecule has 0 spiro atoms. The number of halogens is 1. The summed E-state index contributed by atoms with van der Waals surface area (Å²) in [6, 6.07) is 7.13. The Morgan fingerprint density at radius 1 is 1.30 bits per heavy atom. The molecular weight excluding hydrogens is 318 g/mol. The second kappa shape index (κ2) is 6.20. The number of amides is 4. The molecule has 1 aromatic rings. The second-order valence-electron chi connectivity index (χ2n) is 5.96. The van der Waals surface area contributed by atoms with Gasteiger partial charge in [0.05, 0.1) is 0 Å². The van der Waals surface area contributed by atoms with E-state index in [9.17, 15) is 14.4 Å². The third kappa shape index (κ3) is 3.32. The van der Waals surface area contributed by atoms with Gasteiger partial charge in [0.1, 0.15) is 13.1 Å². The van der Waals surface area contributed by atoms with E-state index in [2.05, 4.69) is 0 Å². The molecule has 0 atom stereocenters. The summed E-state index contributed by atoms with van der Waals surface area (Å²) in [6.45, 7) is 0.220. The van der Waals surface area contributed by atoms with E-state index in [0.717, 1.165) is 23.3 Å². The van der Waals surface area contributed by atoms with Gasteiger partial charge in [-0.15, -0.1) is 0 Å². The molecule has 0 radical (unpaired) electrons. The number of carbonyl (C=O) groups excluding carboxylic acids is 3. The maximum Gasteiger partial charge on any atom is 0.327 e. The number of carbonyl (C=O) groups is 3. The molecule has 0 bridgehead atoms. The van der Waals surface area contributed by atoms with Crippen molar-refractivity contribution in [3.05, 3.63) is 34.9 Å². The van der Waals surface area contributed by atoms with E-state index in [1.54, 1.807) is 18.0 Å².